The molecule has 4 aromatic rings. The van der Waals surface area contributed by atoms with E-state index in [1.165, 1.54) is 27.5 Å². The number of phenolic OH excluding ortho intramolecular Hbond substituents is 1. The van der Waals surface area contributed by atoms with Crippen molar-refractivity contribution in [2.45, 2.75) is 51.4 Å². The van der Waals surface area contributed by atoms with Crippen LogP contribution in [0.3, 0.4) is 0 Å². The number of rotatable bonds is 4. The molecule has 0 bridgehead atoms. The van der Waals surface area contributed by atoms with Gasteiger partial charge in [-0.15, -0.1) is 0 Å². The summed E-state index contributed by atoms with van der Waals surface area (Å²) in [5.74, 6) is 1.28. The zero-order valence-electron chi connectivity index (χ0n) is 27.6. The van der Waals surface area contributed by atoms with E-state index in [0.29, 0.717) is 22.8 Å². The van der Waals surface area contributed by atoms with Gasteiger partial charge in [-0.25, -0.2) is 0 Å². The molecule has 0 unspecified atom stereocenters. The Morgan fingerprint density at radius 3 is 2.21 bits per heavy atom. The standard InChI is InChI=1S/C41H38N4O2/c1-40(2)16-18-45-19-17-41(3,4)37-38(45)34(40)23-27(39(37)46)12-14-31-22-28(29(24-42)25-43)21-30(47-31)13-10-26-11-15-36-33(20-26)32-8-6-7-9-35(32)44(36)5/h6-15,20-23,46H,16-19H2,1-5H3/b13-10+,14-12+. The third-order valence-corrected chi connectivity index (χ3v) is 10.2. The van der Waals surface area contributed by atoms with E-state index in [0.717, 1.165) is 48.1 Å². The average Bonchev–Trinajstić information content (AvgIpc) is 3.34. The monoisotopic (exact) mass is 618 g/mol. The highest BCUT2D eigenvalue weighted by atomic mass is 16.5. The number of anilines is 1. The fourth-order valence-corrected chi connectivity index (χ4v) is 7.37. The minimum atomic E-state index is -0.164. The topological polar surface area (TPSA) is 85.2 Å². The summed E-state index contributed by atoms with van der Waals surface area (Å²) < 4.78 is 8.48. The van der Waals surface area contributed by atoms with E-state index in [1.807, 2.05) is 36.4 Å². The van der Waals surface area contributed by atoms with Crippen molar-refractivity contribution < 1.29 is 9.84 Å². The molecule has 0 aliphatic carbocycles. The van der Waals surface area contributed by atoms with Gasteiger partial charge in [0, 0.05) is 64.3 Å². The van der Waals surface area contributed by atoms with E-state index < -0.39 is 0 Å². The lowest BCUT2D eigenvalue weighted by atomic mass is 9.68. The number of hydrogen-bond acceptors (Lipinski definition) is 5. The molecule has 0 amide bonds. The lowest BCUT2D eigenvalue weighted by Crippen LogP contribution is -2.44. The molecule has 1 aromatic heterocycles. The SMILES string of the molecule is Cn1c2ccccc2c2cc(/C=C/C3=CC(=C(C#N)C#N)C=C(/C=C/c4cc5c6c(c4O)C(C)(C)CCN6CCC5(C)C)O3)ccc21. The molecular formula is C41H38N4O2. The van der Waals surface area contributed by atoms with E-state index in [9.17, 15) is 15.6 Å². The third-order valence-electron chi connectivity index (χ3n) is 10.2. The van der Waals surface area contributed by atoms with Crippen LogP contribution in [0.2, 0.25) is 0 Å². The Morgan fingerprint density at radius 2 is 1.49 bits per heavy atom. The van der Waals surface area contributed by atoms with Crippen molar-refractivity contribution in [3.05, 3.63) is 118 Å². The van der Waals surface area contributed by atoms with E-state index >= 15 is 0 Å². The minimum absolute atomic E-state index is 0.00641. The summed E-state index contributed by atoms with van der Waals surface area (Å²) >= 11 is 0. The normalized spacial score (nSPS) is 18.1. The molecule has 4 heterocycles. The number of aromatic nitrogens is 1. The number of allylic oxidation sites excluding steroid dienone is 6. The van der Waals surface area contributed by atoms with Crippen molar-refractivity contribution in [2.24, 2.45) is 7.05 Å². The highest BCUT2D eigenvalue weighted by molar-refractivity contribution is 6.08. The van der Waals surface area contributed by atoms with Crippen LogP contribution in [-0.2, 0) is 22.6 Å². The van der Waals surface area contributed by atoms with Gasteiger partial charge in [0.05, 0.1) is 0 Å². The number of hydrogen-bond donors (Lipinski definition) is 1. The van der Waals surface area contributed by atoms with Crippen molar-refractivity contribution in [3.63, 3.8) is 0 Å². The molecule has 0 spiro atoms. The first-order valence-corrected chi connectivity index (χ1v) is 16.2. The molecule has 0 fully saturated rings. The number of aromatic hydroxyl groups is 1. The van der Waals surface area contributed by atoms with Crippen LogP contribution >= 0.6 is 0 Å². The second-order valence-electron chi connectivity index (χ2n) is 14.1. The fraction of sp³-hybridized carbons (Fsp3) is 0.268. The first kappa shape index (κ1) is 30.2. The maximum absolute atomic E-state index is 11.7. The van der Waals surface area contributed by atoms with Crippen molar-refractivity contribution >= 4 is 39.6 Å². The van der Waals surface area contributed by atoms with Crippen molar-refractivity contribution in [1.82, 2.24) is 4.57 Å². The Kier molecular flexibility index (Phi) is 7.14. The number of aryl methyl sites for hydroxylation is 1. The molecule has 234 valence electrons. The number of phenols is 1. The summed E-state index contributed by atoms with van der Waals surface area (Å²) in [5.41, 5.74) is 7.82. The van der Waals surface area contributed by atoms with Crippen LogP contribution in [0.25, 0.3) is 34.0 Å². The molecule has 0 saturated carbocycles. The fourth-order valence-electron chi connectivity index (χ4n) is 7.37. The number of fused-ring (bicyclic) bond motifs is 3. The predicted molar refractivity (Wildman–Crippen MR) is 190 cm³/mol. The summed E-state index contributed by atoms with van der Waals surface area (Å²) in [6.07, 6.45) is 13.0. The molecule has 47 heavy (non-hydrogen) atoms. The zero-order valence-corrected chi connectivity index (χ0v) is 27.6. The lowest BCUT2D eigenvalue weighted by Gasteiger charge is -2.48. The second kappa shape index (κ2) is 11.1. The number of benzene rings is 3. The Morgan fingerprint density at radius 1 is 0.830 bits per heavy atom. The maximum Gasteiger partial charge on any atom is 0.137 e. The predicted octanol–water partition coefficient (Wildman–Crippen LogP) is 9.07. The number of nitrogens with zero attached hydrogens (tertiary/aromatic N) is 4. The van der Waals surface area contributed by atoms with Crippen LogP contribution in [0.1, 0.15) is 62.8 Å². The van der Waals surface area contributed by atoms with Gasteiger partial charge in [-0.05, 0) is 89.4 Å². The van der Waals surface area contributed by atoms with Gasteiger partial charge < -0.3 is 19.3 Å². The largest absolute Gasteiger partial charge is 0.507 e. The van der Waals surface area contributed by atoms with Gasteiger partial charge in [-0.3, -0.25) is 0 Å². The van der Waals surface area contributed by atoms with Gasteiger partial charge in [-0.1, -0.05) is 58.0 Å². The van der Waals surface area contributed by atoms with Crippen LogP contribution in [0.15, 0.2) is 95.5 Å². The van der Waals surface area contributed by atoms with Gasteiger partial charge >= 0.3 is 0 Å². The van der Waals surface area contributed by atoms with Crippen molar-refractivity contribution in [3.8, 4) is 17.9 Å². The lowest BCUT2D eigenvalue weighted by molar-refractivity contribution is 0.332. The molecule has 3 aliphatic rings. The molecule has 6 nitrogen and oxygen atoms in total. The molecule has 1 N–H and O–H groups in total. The van der Waals surface area contributed by atoms with Crippen molar-refractivity contribution in [2.75, 3.05) is 18.0 Å². The summed E-state index contributed by atoms with van der Waals surface area (Å²) in [6.45, 7) is 11.0. The summed E-state index contributed by atoms with van der Waals surface area (Å²) in [4.78, 5) is 2.44. The Balaban J connectivity index is 1.25. The maximum atomic E-state index is 11.7. The average molecular weight is 619 g/mol. The Labute approximate surface area is 276 Å². The third kappa shape index (κ3) is 5.11. The van der Waals surface area contributed by atoms with Crippen LogP contribution in [0, 0.1) is 22.7 Å². The number of para-hydroxylation sites is 1. The molecule has 3 aromatic carbocycles. The molecule has 3 aliphatic heterocycles. The Hall–Kier alpha value is -5.46. The first-order chi connectivity index (χ1) is 22.5. The molecule has 7 rings (SSSR count). The van der Waals surface area contributed by atoms with Gasteiger partial charge in [0.1, 0.15) is 35.0 Å². The quantitative estimate of drug-likeness (QED) is 0.231. The minimum Gasteiger partial charge on any atom is -0.507 e. The zero-order chi connectivity index (χ0) is 33.1. The molecular weight excluding hydrogens is 580 g/mol. The van der Waals surface area contributed by atoms with Gasteiger partial charge in [0.2, 0.25) is 0 Å². The highest BCUT2D eigenvalue weighted by Gasteiger charge is 2.42. The summed E-state index contributed by atoms with van der Waals surface area (Å²) in [7, 11) is 2.08. The van der Waals surface area contributed by atoms with Gasteiger partial charge in [0.25, 0.3) is 0 Å². The molecule has 0 atom stereocenters. The molecule has 0 saturated heterocycles. The highest BCUT2D eigenvalue weighted by Crippen LogP contribution is 2.53. The van der Waals surface area contributed by atoms with E-state index in [1.54, 1.807) is 12.2 Å². The second-order valence-corrected chi connectivity index (χ2v) is 14.1. The molecule has 6 heteroatoms. The number of nitriles is 2. The van der Waals surface area contributed by atoms with Crippen molar-refractivity contribution in [1.29, 1.82) is 10.5 Å². The van der Waals surface area contributed by atoms with Gasteiger partial charge in [-0.2, -0.15) is 10.5 Å². The van der Waals surface area contributed by atoms with Crippen LogP contribution < -0.4 is 4.90 Å². The van der Waals surface area contributed by atoms with E-state index in [-0.39, 0.29) is 16.4 Å². The van der Waals surface area contributed by atoms with Gasteiger partial charge in [0.15, 0.2) is 0 Å². The first-order valence-electron chi connectivity index (χ1n) is 16.2. The number of ether oxygens (including phenoxy) is 1. The smallest absolute Gasteiger partial charge is 0.137 e. The van der Waals surface area contributed by atoms with Crippen LogP contribution in [0.4, 0.5) is 5.69 Å². The van der Waals surface area contributed by atoms with Crippen LogP contribution in [0.5, 0.6) is 5.75 Å². The van der Waals surface area contributed by atoms with E-state index in [4.69, 9.17) is 4.74 Å². The summed E-state index contributed by atoms with van der Waals surface area (Å²) in [5, 5.41) is 33.4. The van der Waals surface area contributed by atoms with Crippen LogP contribution in [-0.4, -0.2) is 22.8 Å². The van der Waals surface area contributed by atoms with E-state index in [2.05, 4.69) is 92.7 Å². The summed E-state index contributed by atoms with van der Waals surface area (Å²) in [6, 6.07) is 20.9. The Bertz CT molecular complexity index is 2210. The molecule has 0 radical (unpaired) electrons.